The number of epoxide rings is 1. The summed E-state index contributed by atoms with van der Waals surface area (Å²) in [6.07, 6.45) is 0.0566. The zero-order valence-electron chi connectivity index (χ0n) is 12.0. The molecule has 0 aromatic heterocycles. The second-order valence-electron chi connectivity index (χ2n) is 5.10. The molecule has 2 aromatic carbocycles. The molecule has 1 heterocycles. The van der Waals surface area contributed by atoms with Gasteiger partial charge < -0.3 is 9.47 Å². The summed E-state index contributed by atoms with van der Waals surface area (Å²) in [5.74, 6) is 0.334. The molecular weight excluding hydrogens is 368 g/mol. The van der Waals surface area contributed by atoms with Crippen molar-refractivity contribution in [3.8, 4) is 5.75 Å². The number of hydrogen-bond acceptors (Lipinski definition) is 4. The highest BCUT2D eigenvalue weighted by Crippen LogP contribution is 2.36. The van der Waals surface area contributed by atoms with E-state index in [2.05, 4.69) is 15.9 Å². The van der Waals surface area contributed by atoms with E-state index in [1.165, 1.54) is 0 Å². The van der Waals surface area contributed by atoms with Crippen LogP contribution in [0.3, 0.4) is 0 Å². The highest BCUT2D eigenvalue weighted by molar-refractivity contribution is 9.10. The first-order valence-corrected chi connectivity index (χ1v) is 9.11. The lowest BCUT2D eigenvalue weighted by Gasteiger charge is -2.14. The molecule has 4 nitrogen and oxygen atoms in total. The summed E-state index contributed by atoms with van der Waals surface area (Å²) in [6, 6.07) is 11.9. The molecule has 3 rings (SSSR count). The molecule has 0 aliphatic carbocycles. The first-order chi connectivity index (χ1) is 10.5. The molecule has 0 radical (unpaired) electrons. The van der Waals surface area contributed by atoms with Gasteiger partial charge in [-0.2, -0.15) is 0 Å². The molecule has 1 saturated heterocycles. The van der Waals surface area contributed by atoms with Crippen LogP contribution in [-0.4, -0.2) is 27.7 Å². The lowest BCUT2D eigenvalue weighted by atomic mass is 10.2. The summed E-state index contributed by atoms with van der Waals surface area (Å²) < 4.78 is 37.3. The van der Waals surface area contributed by atoms with Gasteiger partial charge in [0.25, 0.3) is 0 Å². The fourth-order valence-corrected chi connectivity index (χ4v) is 4.43. The predicted molar refractivity (Wildman–Crippen MR) is 86.0 cm³/mol. The third-order valence-corrected chi connectivity index (χ3v) is 5.98. The summed E-state index contributed by atoms with van der Waals surface area (Å²) in [5, 5.41) is 0. The van der Waals surface area contributed by atoms with Crippen LogP contribution in [0.15, 0.2) is 56.7 Å². The molecule has 1 atom stereocenters. The summed E-state index contributed by atoms with van der Waals surface area (Å²) in [7, 11) is -3.65. The Kier molecular flexibility index (Phi) is 4.25. The zero-order valence-corrected chi connectivity index (χ0v) is 14.4. The van der Waals surface area contributed by atoms with Crippen LogP contribution in [0.2, 0.25) is 0 Å². The van der Waals surface area contributed by atoms with Crippen LogP contribution >= 0.6 is 15.9 Å². The minimum Gasteiger partial charge on any atom is -0.488 e. The Morgan fingerprint density at radius 2 is 1.86 bits per heavy atom. The van der Waals surface area contributed by atoms with E-state index in [4.69, 9.17) is 9.47 Å². The minimum atomic E-state index is -3.65. The zero-order chi connectivity index (χ0) is 15.7. The molecule has 0 spiro atoms. The number of para-hydroxylation sites is 1. The number of sulfone groups is 1. The molecule has 0 bridgehead atoms. The van der Waals surface area contributed by atoms with Crippen molar-refractivity contribution < 1.29 is 17.9 Å². The van der Waals surface area contributed by atoms with Gasteiger partial charge in [0.15, 0.2) is 5.75 Å². The standard InChI is InChI=1S/C16H15BrO4S/c1-11-5-2-3-7-14(11)22(18,19)15-8-4-6-13(17)16(15)21-10-12-9-20-12/h2-8,12H,9-10H2,1H3. The summed E-state index contributed by atoms with van der Waals surface area (Å²) in [4.78, 5) is 0.456. The van der Waals surface area contributed by atoms with E-state index in [1.807, 2.05) is 6.07 Å². The van der Waals surface area contributed by atoms with E-state index in [0.29, 0.717) is 33.9 Å². The second kappa shape index (κ2) is 6.02. The first kappa shape index (κ1) is 15.5. The van der Waals surface area contributed by atoms with Crippen molar-refractivity contribution in [3.63, 3.8) is 0 Å². The smallest absolute Gasteiger partial charge is 0.210 e. The van der Waals surface area contributed by atoms with Crippen LogP contribution < -0.4 is 4.74 Å². The Bertz CT molecular complexity index is 798. The molecule has 0 saturated carbocycles. The third-order valence-electron chi connectivity index (χ3n) is 3.42. The monoisotopic (exact) mass is 382 g/mol. The van der Waals surface area contributed by atoms with Crippen LogP contribution in [0.5, 0.6) is 5.75 Å². The van der Waals surface area contributed by atoms with E-state index in [-0.39, 0.29) is 11.0 Å². The molecule has 0 N–H and O–H groups in total. The van der Waals surface area contributed by atoms with Crippen molar-refractivity contribution in [1.82, 2.24) is 0 Å². The maximum Gasteiger partial charge on any atom is 0.210 e. The van der Waals surface area contributed by atoms with Crippen LogP contribution in [0, 0.1) is 6.92 Å². The molecule has 0 amide bonds. The van der Waals surface area contributed by atoms with Crippen molar-refractivity contribution in [2.24, 2.45) is 0 Å². The molecule has 116 valence electrons. The second-order valence-corrected chi connectivity index (χ2v) is 7.84. The molecule has 22 heavy (non-hydrogen) atoms. The average Bonchev–Trinajstić information content (AvgIpc) is 3.30. The Morgan fingerprint density at radius 1 is 1.18 bits per heavy atom. The van der Waals surface area contributed by atoms with E-state index >= 15 is 0 Å². The number of rotatable bonds is 5. The number of aryl methyl sites for hydroxylation is 1. The van der Waals surface area contributed by atoms with Gasteiger partial charge in [-0.3, -0.25) is 0 Å². The topological polar surface area (TPSA) is 55.9 Å². The summed E-state index contributed by atoms with van der Waals surface area (Å²) in [5.41, 5.74) is 0.707. The molecule has 1 unspecified atom stereocenters. The highest BCUT2D eigenvalue weighted by Gasteiger charge is 2.28. The number of halogens is 1. The van der Waals surface area contributed by atoms with Gasteiger partial charge in [0, 0.05) is 0 Å². The molecule has 1 aliphatic heterocycles. The molecular formula is C16H15BrO4S. The van der Waals surface area contributed by atoms with Crippen molar-refractivity contribution in [2.45, 2.75) is 22.8 Å². The summed E-state index contributed by atoms with van der Waals surface area (Å²) >= 11 is 3.37. The maximum atomic E-state index is 13.0. The highest BCUT2D eigenvalue weighted by atomic mass is 79.9. The normalized spacial score (nSPS) is 17.3. The van der Waals surface area contributed by atoms with E-state index in [9.17, 15) is 8.42 Å². The lowest BCUT2D eigenvalue weighted by Crippen LogP contribution is -2.10. The molecule has 1 fully saturated rings. The van der Waals surface area contributed by atoms with Gasteiger partial charge in [-0.1, -0.05) is 24.3 Å². The van der Waals surface area contributed by atoms with E-state index in [1.54, 1.807) is 43.3 Å². The lowest BCUT2D eigenvalue weighted by molar-refractivity contribution is 0.256. The molecule has 6 heteroatoms. The van der Waals surface area contributed by atoms with Gasteiger partial charge in [-0.15, -0.1) is 0 Å². The van der Waals surface area contributed by atoms with Crippen molar-refractivity contribution in [3.05, 3.63) is 52.5 Å². The SMILES string of the molecule is Cc1ccccc1S(=O)(=O)c1cccc(Br)c1OCC1CO1. The molecule has 1 aliphatic rings. The molecule has 2 aromatic rings. The van der Waals surface area contributed by atoms with Gasteiger partial charge in [-0.05, 0) is 46.6 Å². The predicted octanol–water partition coefficient (Wildman–Crippen LogP) is 3.37. The van der Waals surface area contributed by atoms with Gasteiger partial charge in [0.2, 0.25) is 9.84 Å². The number of benzene rings is 2. The average molecular weight is 383 g/mol. The fraction of sp³-hybridized carbons (Fsp3) is 0.250. The van der Waals surface area contributed by atoms with Crippen LogP contribution in [0.1, 0.15) is 5.56 Å². The fourth-order valence-electron chi connectivity index (χ4n) is 2.16. The minimum absolute atomic E-state index is 0.0566. The number of ether oxygens (including phenoxy) is 2. The first-order valence-electron chi connectivity index (χ1n) is 6.84. The largest absolute Gasteiger partial charge is 0.488 e. The van der Waals surface area contributed by atoms with Crippen LogP contribution in [0.25, 0.3) is 0 Å². The van der Waals surface area contributed by atoms with Gasteiger partial charge in [-0.25, -0.2) is 8.42 Å². The van der Waals surface area contributed by atoms with Crippen molar-refractivity contribution in [1.29, 1.82) is 0 Å². The van der Waals surface area contributed by atoms with Gasteiger partial charge in [0.1, 0.15) is 17.6 Å². The van der Waals surface area contributed by atoms with Gasteiger partial charge >= 0.3 is 0 Å². The third kappa shape index (κ3) is 3.04. The number of hydrogen-bond donors (Lipinski definition) is 0. The van der Waals surface area contributed by atoms with E-state index < -0.39 is 9.84 Å². The van der Waals surface area contributed by atoms with Crippen molar-refractivity contribution in [2.75, 3.05) is 13.2 Å². The Balaban J connectivity index is 2.06. The van der Waals surface area contributed by atoms with Crippen molar-refractivity contribution >= 4 is 25.8 Å². The van der Waals surface area contributed by atoms with E-state index in [0.717, 1.165) is 0 Å². The quantitative estimate of drug-likeness (QED) is 0.743. The Morgan fingerprint density at radius 3 is 2.55 bits per heavy atom. The van der Waals surface area contributed by atoms with Crippen LogP contribution in [0.4, 0.5) is 0 Å². The maximum absolute atomic E-state index is 13.0. The Labute approximate surface area is 138 Å². The van der Waals surface area contributed by atoms with Gasteiger partial charge in [0.05, 0.1) is 16.0 Å². The summed E-state index contributed by atoms with van der Waals surface area (Å²) in [6.45, 7) is 2.78. The van der Waals surface area contributed by atoms with Crippen LogP contribution in [-0.2, 0) is 14.6 Å². The Hall–Kier alpha value is -1.37.